The number of nitro groups is 1. The first-order valence-corrected chi connectivity index (χ1v) is 6.83. The lowest BCUT2D eigenvalue weighted by Crippen LogP contribution is -2.35. The number of methoxy groups -OCH3 is 1. The van der Waals surface area contributed by atoms with Gasteiger partial charge in [0.15, 0.2) is 0 Å². The Morgan fingerprint density at radius 3 is 2.90 bits per heavy atom. The molecule has 0 saturated carbocycles. The average Bonchev–Trinajstić information content (AvgIpc) is 2.84. The van der Waals surface area contributed by atoms with Gasteiger partial charge in [-0.3, -0.25) is 10.1 Å². The summed E-state index contributed by atoms with van der Waals surface area (Å²) in [6.45, 7) is 2.67. The number of likely N-dealkylation sites (N-methyl/N-ethyl adjacent to an activating group) is 1. The van der Waals surface area contributed by atoms with Crippen LogP contribution in [-0.2, 0) is 6.54 Å². The van der Waals surface area contributed by atoms with Crippen molar-refractivity contribution in [1.29, 1.82) is 0 Å². The molecule has 1 aromatic carbocycles. The van der Waals surface area contributed by atoms with Gasteiger partial charge in [0.25, 0.3) is 5.69 Å². The van der Waals surface area contributed by atoms with Crippen LogP contribution in [0.1, 0.15) is 18.4 Å². The Balaban J connectivity index is 1.94. The van der Waals surface area contributed by atoms with Gasteiger partial charge in [-0.2, -0.15) is 0 Å². The highest BCUT2D eigenvalue weighted by atomic mass is 16.6. The molecule has 1 aromatic rings. The summed E-state index contributed by atoms with van der Waals surface area (Å²) in [5.74, 6) is 0.522. The minimum absolute atomic E-state index is 0.0686. The Hall–Kier alpha value is -1.66. The van der Waals surface area contributed by atoms with E-state index < -0.39 is 4.92 Å². The molecule has 1 aliphatic rings. The van der Waals surface area contributed by atoms with Crippen LogP contribution in [0.25, 0.3) is 0 Å². The normalized spacial score (nSPS) is 19.2. The molecular formula is C14H21N3O3. The number of ether oxygens (including phenoxy) is 1. The lowest BCUT2D eigenvalue weighted by atomic mass is 10.1. The van der Waals surface area contributed by atoms with Crippen molar-refractivity contribution in [1.82, 2.24) is 10.2 Å². The first-order valence-electron chi connectivity index (χ1n) is 6.83. The van der Waals surface area contributed by atoms with E-state index in [1.165, 1.54) is 26.0 Å². The molecule has 0 spiro atoms. The van der Waals surface area contributed by atoms with Crippen molar-refractivity contribution in [3.63, 3.8) is 0 Å². The van der Waals surface area contributed by atoms with Crippen molar-refractivity contribution in [3.05, 3.63) is 33.9 Å². The van der Waals surface area contributed by atoms with Gasteiger partial charge in [0.1, 0.15) is 5.75 Å². The molecule has 0 radical (unpaired) electrons. The van der Waals surface area contributed by atoms with E-state index in [0.29, 0.717) is 18.3 Å². The lowest BCUT2D eigenvalue weighted by Gasteiger charge is -2.19. The summed E-state index contributed by atoms with van der Waals surface area (Å²) in [4.78, 5) is 12.8. The van der Waals surface area contributed by atoms with E-state index in [4.69, 9.17) is 4.74 Å². The van der Waals surface area contributed by atoms with E-state index in [1.807, 2.05) is 6.07 Å². The third-order valence-electron chi connectivity index (χ3n) is 3.78. The second-order valence-corrected chi connectivity index (χ2v) is 5.20. The summed E-state index contributed by atoms with van der Waals surface area (Å²) < 4.78 is 5.10. The highest BCUT2D eigenvalue weighted by molar-refractivity contribution is 5.42. The SMILES string of the molecule is COc1cc(CNCC2CCCN2C)cc([N+](=O)[O-])c1. The van der Waals surface area contributed by atoms with Crippen molar-refractivity contribution in [3.8, 4) is 5.75 Å². The van der Waals surface area contributed by atoms with E-state index in [1.54, 1.807) is 6.07 Å². The molecule has 1 unspecified atom stereocenters. The maximum atomic E-state index is 10.9. The predicted molar refractivity (Wildman–Crippen MR) is 77.0 cm³/mol. The summed E-state index contributed by atoms with van der Waals surface area (Å²) in [6.07, 6.45) is 2.45. The van der Waals surface area contributed by atoms with Gasteiger partial charge in [-0.25, -0.2) is 0 Å². The van der Waals surface area contributed by atoms with Crippen molar-refractivity contribution in [2.45, 2.75) is 25.4 Å². The molecule has 0 aromatic heterocycles. The molecule has 110 valence electrons. The Kier molecular flexibility index (Phi) is 4.92. The van der Waals surface area contributed by atoms with Crippen molar-refractivity contribution in [2.75, 3.05) is 27.2 Å². The quantitative estimate of drug-likeness (QED) is 0.635. The topological polar surface area (TPSA) is 67.6 Å². The molecule has 6 heteroatoms. The van der Waals surface area contributed by atoms with Gasteiger partial charge in [-0.1, -0.05) is 0 Å². The molecule has 0 amide bonds. The third kappa shape index (κ3) is 3.68. The molecule has 0 bridgehead atoms. The monoisotopic (exact) mass is 279 g/mol. The Morgan fingerprint density at radius 2 is 2.30 bits per heavy atom. The number of rotatable bonds is 6. The zero-order valence-electron chi connectivity index (χ0n) is 12.0. The number of nitrogens with one attached hydrogen (secondary N) is 1. The Bertz CT molecular complexity index is 479. The molecule has 1 fully saturated rings. The summed E-state index contributed by atoms with van der Waals surface area (Å²) in [5.41, 5.74) is 0.941. The minimum atomic E-state index is -0.392. The number of non-ortho nitro benzene ring substituents is 1. The van der Waals surface area contributed by atoms with E-state index in [-0.39, 0.29) is 5.69 Å². The van der Waals surface area contributed by atoms with Crippen LogP contribution in [0.2, 0.25) is 0 Å². The molecule has 0 aliphatic carbocycles. The molecule has 1 heterocycles. The molecule has 6 nitrogen and oxygen atoms in total. The van der Waals surface area contributed by atoms with Crippen LogP contribution in [0.4, 0.5) is 5.69 Å². The molecular weight excluding hydrogens is 258 g/mol. The number of benzene rings is 1. The van der Waals surface area contributed by atoms with Crippen LogP contribution >= 0.6 is 0 Å². The summed E-state index contributed by atoms with van der Waals surface area (Å²) in [6, 6.07) is 5.43. The van der Waals surface area contributed by atoms with Crippen LogP contribution in [-0.4, -0.2) is 43.1 Å². The van der Waals surface area contributed by atoms with Gasteiger partial charge >= 0.3 is 0 Å². The van der Waals surface area contributed by atoms with E-state index in [0.717, 1.165) is 18.7 Å². The largest absolute Gasteiger partial charge is 0.496 e. The van der Waals surface area contributed by atoms with Crippen LogP contribution < -0.4 is 10.1 Å². The van der Waals surface area contributed by atoms with E-state index in [9.17, 15) is 10.1 Å². The maximum absolute atomic E-state index is 10.9. The zero-order valence-corrected chi connectivity index (χ0v) is 12.0. The molecule has 1 saturated heterocycles. The first-order chi connectivity index (χ1) is 9.60. The van der Waals surface area contributed by atoms with Gasteiger partial charge in [0.05, 0.1) is 18.1 Å². The third-order valence-corrected chi connectivity index (χ3v) is 3.78. The standard InChI is InChI=1S/C14H21N3O3/c1-16-5-3-4-12(16)10-15-9-11-6-13(17(18)19)8-14(7-11)20-2/h6-8,12,15H,3-5,9-10H2,1-2H3. The van der Waals surface area contributed by atoms with Gasteiger partial charge in [-0.05, 0) is 38.1 Å². The molecule has 1 atom stereocenters. The van der Waals surface area contributed by atoms with Crippen molar-refractivity contribution in [2.24, 2.45) is 0 Å². The Labute approximate surface area is 118 Å². The van der Waals surface area contributed by atoms with E-state index >= 15 is 0 Å². The number of likely N-dealkylation sites (tertiary alicyclic amines) is 1. The smallest absolute Gasteiger partial charge is 0.273 e. The van der Waals surface area contributed by atoms with Gasteiger partial charge in [0, 0.05) is 25.2 Å². The second kappa shape index (κ2) is 6.67. The fourth-order valence-electron chi connectivity index (χ4n) is 2.59. The summed E-state index contributed by atoms with van der Waals surface area (Å²) in [5, 5.41) is 14.2. The number of hydrogen-bond acceptors (Lipinski definition) is 5. The zero-order chi connectivity index (χ0) is 14.5. The average molecular weight is 279 g/mol. The summed E-state index contributed by atoms with van der Waals surface area (Å²) in [7, 11) is 3.65. The number of nitro benzene ring substituents is 1. The lowest BCUT2D eigenvalue weighted by molar-refractivity contribution is -0.385. The highest BCUT2D eigenvalue weighted by Crippen LogP contribution is 2.22. The predicted octanol–water partition coefficient (Wildman–Crippen LogP) is 1.79. The summed E-state index contributed by atoms with van der Waals surface area (Å²) >= 11 is 0. The van der Waals surface area contributed by atoms with Crippen LogP contribution in [0.15, 0.2) is 18.2 Å². The number of hydrogen-bond donors (Lipinski definition) is 1. The molecule has 2 rings (SSSR count). The molecule has 20 heavy (non-hydrogen) atoms. The van der Waals surface area contributed by atoms with Crippen LogP contribution in [0.3, 0.4) is 0 Å². The van der Waals surface area contributed by atoms with Gasteiger partial charge < -0.3 is 15.0 Å². The van der Waals surface area contributed by atoms with Crippen LogP contribution in [0, 0.1) is 10.1 Å². The van der Waals surface area contributed by atoms with E-state index in [2.05, 4.69) is 17.3 Å². The Morgan fingerprint density at radius 1 is 1.50 bits per heavy atom. The minimum Gasteiger partial charge on any atom is -0.496 e. The van der Waals surface area contributed by atoms with Gasteiger partial charge in [0.2, 0.25) is 0 Å². The van der Waals surface area contributed by atoms with Crippen molar-refractivity contribution >= 4 is 5.69 Å². The maximum Gasteiger partial charge on any atom is 0.273 e. The molecule has 1 aliphatic heterocycles. The highest BCUT2D eigenvalue weighted by Gasteiger charge is 2.20. The fraction of sp³-hybridized carbons (Fsp3) is 0.571. The number of nitrogens with zero attached hydrogens (tertiary/aromatic N) is 2. The fourth-order valence-corrected chi connectivity index (χ4v) is 2.59. The second-order valence-electron chi connectivity index (χ2n) is 5.20. The first kappa shape index (κ1) is 14.7. The van der Waals surface area contributed by atoms with Gasteiger partial charge in [-0.15, -0.1) is 0 Å². The molecule has 1 N–H and O–H groups in total. The van der Waals surface area contributed by atoms with Crippen LogP contribution in [0.5, 0.6) is 5.75 Å². The van der Waals surface area contributed by atoms with Crippen molar-refractivity contribution < 1.29 is 9.66 Å².